The molecule has 0 aromatic rings. The van der Waals surface area contributed by atoms with Crippen molar-refractivity contribution >= 4 is 5.97 Å². The van der Waals surface area contributed by atoms with Gasteiger partial charge in [-0.15, -0.1) is 0 Å². The summed E-state index contributed by atoms with van der Waals surface area (Å²) < 4.78 is 57.5. The third-order valence-electron chi connectivity index (χ3n) is 18.2. The van der Waals surface area contributed by atoms with Gasteiger partial charge in [-0.2, -0.15) is 0 Å². The number of fused-ring (bicyclic) bond motifs is 7. The van der Waals surface area contributed by atoms with Crippen molar-refractivity contribution < 1.29 is 83.2 Å². The molecule has 4 saturated carbocycles. The highest BCUT2D eigenvalue weighted by atomic mass is 16.8. The molecule has 17 nitrogen and oxygen atoms in total. The third kappa shape index (κ3) is 7.86. The molecule has 63 heavy (non-hydrogen) atoms. The van der Waals surface area contributed by atoms with Crippen molar-refractivity contribution in [2.24, 2.45) is 52.3 Å². The third-order valence-corrected chi connectivity index (χ3v) is 18.2. The van der Waals surface area contributed by atoms with Crippen LogP contribution in [0.4, 0.5) is 0 Å². The smallest absolute Gasteiger partial charge is 0.303 e. The van der Waals surface area contributed by atoms with Crippen LogP contribution in [0.25, 0.3) is 0 Å². The minimum atomic E-state index is -1.74. The van der Waals surface area contributed by atoms with Crippen molar-refractivity contribution in [3.05, 3.63) is 0 Å². The Morgan fingerprint density at radius 3 is 1.94 bits per heavy atom. The van der Waals surface area contributed by atoms with Gasteiger partial charge in [0.05, 0.1) is 43.7 Å². The Kier molecular flexibility index (Phi) is 13.0. The Balaban J connectivity index is 1.02. The van der Waals surface area contributed by atoms with Crippen LogP contribution in [-0.4, -0.2) is 165 Å². The number of ether oxygens (including phenoxy) is 9. The molecule has 7 N–H and O–H groups in total. The van der Waals surface area contributed by atoms with Crippen LogP contribution in [0.15, 0.2) is 0 Å². The number of aliphatic hydroxyl groups excluding tert-OH is 7. The van der Waals surface area contributed by atoms with Crippen molar-refractivity contribution in [1.82, 2.24) is 0 Å². The molecule has 0 radical (unpaired) electrons. The van der Waals surface area contributed by atoms with E-state index in [1.165, 1.54) is 20.8 Å². The van der Waals surface area contributed by atoms with E-state index in [-0.39, 0.29) is 35.9 Å². The molecule has 9 fully saturated rings. The van der Waals surface area contributed by atoms with E-state index in [4.69, 9.17) is 42.6 Å². The van der Waals surface area contributed by atoms with Gasteiger partial charge < -0.3 is 78.4 Å². The first-order valence-corrected chi connectivity index (χ1v) is 23.9. The zero-order valence-corrected chi connectivity index (χ0v) is 37.8. The molecule has 1 spiro atoms. The average molecular weight is 899 g/mol. The van der Waals surface area contributed by atoms with E-state index in [0.717, 1.165) is 51.6 Å². The summed E-state index contributed by atoms with van der Waals surface area (Å²) in [6.07, 6.45) is -13.0. The van der Waals surface area contributed by atoms with Gasteiger partial charge in [-0.25, -0.2) is 0 Å². The molecule has 27 atom stereocenters. The van der Waals surface area contributed by atoms with Crippen LogP contribution in [0.2, 0.25) is 0 Å². The Labute approximate surface area is 370 Å². The normalized spacial score (nSPS) is 58.1. The lowest BCUT2D eigenvalue weighted by molar-refractivity contribution is -0.388. The fourth-order valence-corrected chi connectivity index (χ4v) is 14.7. The Morgan fingerprint density at radius 2 is 1.32 bits per heavy atom. The zero-order chi connectivity index (χ0) is 45.1. The molecule has 0 bridgehead atoms. The Hall–Kier alpha value is -1.13. The van der Waals surface area contributed by atoms with Gasteiger partial charge in [-0.3, -0.25) is 4.79 Å². The number of carbonyl (C=O) groups is 1. The number of carbonyl (C=O) groups excluding carboxylic acids is 1. The molecule has 4 aliphatic carbocycles. The van der Waals surface area contributed by atoms with Crippen LogP contribution in [-0.2, 0) is 47.4 Å². The van der Waals surface area contributed by atoms with Crippen molar-refractivity contribution in [2.45, 2.75) is 216 Å². The largest absolute Gasteiger partial charge is 0.457 e. The first-order valence-electron chi connectivity index (χ1n) is 23.9. The lowest BCUT2D eigenvalue weighted by Gasteiger charge is -2.63. The van der Waals surface area contributed by atoms with Crippen molar-refractivity contribution in [2.75, 3.05) is 13.2 Å². The molecule has 5 heterocycles. The molecule has 5 saturated heterocycles. The minimum absolute atomic E-state index is 0.0829. The molecule has 9 rings (SSSR count). The molecule has 7 unspecified atom stereocenters. The highest BCUT2D eigenvalue weighted by molar-refractivity contribution is 5.66. The molecular weight excluding hydrogens is 824 g/mol. The van der Waals surface area contributed by atoms with Crippen molar-refractivity contribution in [3.63, 3.8) is 0 Å². The van der Waals surface area contributed by atoms with Crippen LogP contribution in [0.3, 0.4) is 0 Å². The van der Waals surface area contributed by atoms with Gasteiger partial charge in [-0.1, -0.05) is 27.7 Å². The Morgan fingerprint density at radius 1 is 0.667 bits per heavy atom. The maximum atomic E-state index is 12.5. The van der Waals surface area contributed by atoms with Crippen molar-refractivity contribution in [1.29, 1.82) is 0 Å². The van der Waals surface area contributed by atoms with Gasteiger partial charge in [0.15, 0.2) is 30.8 Å². The number of hydrogen-bond donors (Lipinski definition) is 7. The quantitative estimate of drug-likeness (QED) is 0.179. The van der Waals surface area contributed by atoms with Crippen LogP contribution in [0.5, 0.6) is 0 Å². The second-order valence-corrected chi connectivity index (χ2v) is 21.7. The van der Waals surface area contributed by atoms with Gasteiger partial charge in [0.25, 0.3) is 0 Å². The fourth-order valence-electron chi connectivity index (χ4n) is 14.7. The summed E-state index contributed by atoms with van der Waals surface area (Å²) >= 11 is 0. The van der Waals surface area contributed by atoms with E-state index >= 15 is 0 Å². The van der Waals surface area contributed by atoms with E-state index in [2.05, 4.69) is 27.7 Å². The molecule has 360 valence electrons. The first-order chi connectivity index (χ1) is 29.8. The highest BCUT2D eigenvalue weighted by Crippen LogP contribution is 2.71. The second-order valence-electron chi connectivity index (χ2n) is 21.7. The number of rotatable bonds is 7. The minimum Gasteiger partial charge on any atom is -0.457 e. The standard InChI is InChI=1S/C46H74O17/c1-19-10-13-46(56-17-19)20(2)32-29(63-46)16-28-26-9-8-24-14-25(48)15-31(45(24,7)27(26)11-12-44(28,32)6)60-43-40(62-42-38(54)36(52)34(50)22(4)58-42)39(30(18-55-43)59-23(5)47)61-41-37(53)35(51)33(49)21(3)57-41/h19-22,24-43,48-54H,8-18H2,1-7H3/t19-,20?,21+,22+,24+,25-,26?,27?,28?,29?,30+,31-,32?,33+,34+,35-,36-,37-,38-,39+,40-,41+,42+,43?,44+,45+,46-/m1/s1. The molecule has 0 aromatic carbocycles. The molecule has 17 heteroatoms. The fraction of sp³-hybridized carbons (Fsp3) is 0.978. The Bertz CT molecular complexity index is 1630. The van der Waals surface area contributed by atoms with Gasteiger partial charge in [0.2, 0.25) is 0 Å². The summed E-state index contributed by atoms with van der Waals surface area (Å²) in [7, 11) is 0. The maximum absolute atomic E-state index is 12.5. The molecule has 5 aliphatic heterocycles. The van der Waals surface area contributed by atoms with Crippen LogP contribution in [0, 0.1) is 52.3 Å². The second kappa shape index (κ2) is 17.4. The van der Waals surface area contributed by atoms with Crippen LogP contribution >= 0.6 is 0 Å². The highest BCUT2D eigenvalue weighted by Gasteiger charge is 2.70. The van der Waals surface area contributed by atoms with Gasteiger partial charge in [0.1, 0.15) is 48.8 Å². The predicted octanol–water partition coefficient (Wildman–Crippen LogP) is 1.50. The predicted molar refractivity (Wildman–Crippen MR) is 218 cm³/mol. The summed E-state index contributed by atoms with van der Waals surface area (Å²) in [5.41, 5.74) is -0.331. The summed E-state index contributed by atoms with van der Waals surface area (Å²) in [5, 5.41) is 76.3. The van der Waals surface area contributed by atoms with E-state index < -0.39 is 115 Å². The number of hydrogen-bond acceptors (Lipinski definition) is 17. The van der Waals surface area contributed by atoms with Crippen LogP contribution < -0.4 is 0 Å². The number of esters is 1. The van der Waals surface area contributed by atoms with E-state index in [1.54, 1.807) is 0 Å². The number of aliphatic hydroxyl groups is 7. The SMILES string of the molecule is CC(=O)O[C@H]1COC(O[C@@H]2C[C@H](O)C[C@@H]3CCC4C5CC6O[C@]7(CC[C@@H](C)CO7)C(C)C6[C@@]5(C)CCC4[C@]32C)[C@H](O[C@@H]2O[C@@H](C)[C@H](O)[C@@H](O)[C@H]2O)[C@H]1O[C@@H]1O[C@@H](C)[C@H](O)[C@@H](O)[C@H]1O. The van der Waals surface area contributed by atoms with E-state index in [1.807, 2.05) is 0 Å². The summed E-state index contributed by atoms with van der Waals surface area (Å²) in [5.74, 6) is 1.27. The van der Waals surface area contributed by atoms with E-state index in [9.17, 15) is 40.5 Å². The van der Waals surface area contributed by atoms with Gasteiger partial charge in [0, 0.05) is 25.7 Å². The van der Waals surface area contributed by atoms with Gasteiger partial charge >= 0.3 is 5.97 Å². The van der Waals surface area contributed by atoms with Gasteiger partial charge in [-0.05, 0) is 105 Å². The molecule has 0 aromatic heterocycles. The molecule has 9 aliphatic rings. The summed E-state index contributed by atoms with van der Waals surface area (Å²) in [6.45, 7) is 14.1. The topological polar surface area (TPSA) is 242 Å². The molecular formula is C46H74O17. The summed E-state index contributed by atoms with van der Waals surface area (Å²) in [6, 6.07) is 0. The molecule has 0 amide bonds. The zero-order valence-electron chi connectivity index (χ0n) is 37.8. The van der Waals surface area contributed by atoms with Crippen LogP contribution in [0.1, 0.15) is 106 Å². The van der Waals surface area contributed by atoms with E-state index in [0.29, 0.717) is 36.5 Å². The summed E-state index contributed by atoms with van der Waals surface area (Å²) in [4.78, 5) is 12.5. The monoisotopic (exact) mass is 898 g/mol. The lowest BCUT2D eigenvalue weighted by Crippen LogP contribution is -2.66. The first kappa shape index (κ1) is 47.0. The van der Waals surface area contributed by atoms with Crippen molar-refractivity contribution in [3.8, 4) is 0 Å². The average Bonchev–Trinajstić information content (AvgIpc) is 3.69. The maximum Gasteiger partial charge on any atom is 0.303 e. The lowest BCUT2D eigenvalue weighted by atomic mass is 9.43.